The summed E-state index contributed by atoms with van der Waals surface area (Å²) in [5.41, 5.74) is 0.850. The Balaban J connectivity index is 2.13. The van der Waals surface area contributed by atoms with E-state index in [2.05, 4.69) is 9.97 Å². The van der Waals surface area contributed by atoms with Gasteiger partial charge in [0, 0.05) is 15.6 Å². The van der Waals surface area contributed by atoms with Gasteiger partial charge in [-0.2, -0.15) is 0 Å². The molecule has 0 amide bonds. The van der Waals surface area contributed by atoms with Crippen LogP contribution in [0.25, 0.3) is 0 Å². The van der Waals surface area contributed by atoms with Crippen molar-refractivity contribution in [3.8, 4) is 0 Å². The molecule has 0 unspecified atom stereocenters. The van der Waals surface area contributed by atoms with Crippen LogP contribution in [0.5, 0.6) is 0 Å². The summed E-state index contributed by atoms with van der Waals surface area (Å²) in [4.78, 5) is 9.38. The number of thioether (sulfide) groups is 1. The Bertz CT molecular complexity index is 555. The van der Waals surface area contributed by atoms with E-state index in [-0.39, 0.29) is 0 Å². The predicted molar refractivity (Wildman–Crippen MR) is 77.8 cm³/mol. The van der Waals surface area contributed by atoms with Crippen molar-refractivity contribution < 1.29 is 0 Å². The second-order valence-electron chi connectivity index (χ2n) is 3.61. The largest absolute Gasteiger partial charge is 0.237 e. The van der Waals surface area contributed by atoms with E-state index in [4.69, 9.17) is 34.8 Å². The highest BCUT2D eigenvalue weighted by Crippen LogP contribution is 2.31. The Kier molecular flexibility index (Phi) is 4.73. The number of rotatable bonds is 3. The molecule has 1 aromatic carbocycles. The Morgan fingerprint density at radius 3 is 2.61 bits per heavy atom. The molecule has 0 aliphatic carbocycles. The van der Waals surface area contributed by atoms with Crippen LogP contribution in [0.15, 0.2) is 29.2 Å². The summed E-state index contributed by atoms with van der Waals surface area (Å²) >= 11 is 19.4. The van der Waals surface area contributed by atoms with Gasteiger partial charge < -0.3 is 0 Å². The molecule has 1 aromatic heterocycles. The molecule has 0 aliphatic heterocycles. The van der Waals surface area contributed by atoms with Crippen molar-refractivity contribution in [1.82, 2.24) is 9.97 Å². The van der Waals surface area contributed by atoms with Crippen LogP contribution in [0.4, 0.5) is 0 Å². The zero-order chi connectivity index (χ0) is 13.1. The van der Waals surface area contributed by atoms with Gasteiger partial charge in [-0.15, -0.1) is 11.8 Å². The Morgan fingerprint density at radius 2 is 1.89 bits per heavy atom. The quantitative estimate of drug-likeness (QED) is 0.585. The van der Waals surface area contributed by atoms with Crippen LogP contribution >= 0.6 is 46.6 Å². The summed E-state index contributed by atoms with van der Waals surface area (Å²) in [6.45, 7) is 1.88. The lowest BCUT2D eigenvalue weighted by molar-refractivity contribution is 0.996. The lowest BCUT2D eigenvalue weighted by atomic mass is 10.4. The molecule has 2 nitrogen and oxygen atoms in total. The Morgan fingerprint density at radius 1 is 1.11 bits per heavy atom. The molecule has 0 aliphatic rings. The van der Waals surface area contributed by atoms with Gasteiger partial charge in [0.2, 0.25) is 0 Å². The van der Waals surface area contributed by atoms with Crippen LogP contribution in [0.1, 0.15) is 11.5 Å². The average molecular weight is 320 g/mol. The maximum atomic E-state index is 6.08. The molecule has 2 aromatic rings. The van der Waals surface area contributed by atoms with E-state index < -0.39 is 0 Å². The predicted octanol–water partition coefficient (Wildman–Crippen LogP) is 5.04. The normalized spacial score (nSPS) is 10.7. The van der Waals surface area contributed by atoms with Crippen LogP contribution in [0, 0.1) is 6.92 Å². The number of aryl methyl sites for hydroxylation is 1. The monoisotopic (exact) mass is 318 g/mol. The first kappa shape index (κ1) is 13.9. The number of benzene rings is 1. The summed E-state index contributed by atoms with van der Waals surface area (Å²) in [5, 5.41) is 1.78. The van der Waals surface area contributed by atoms with Gasteiger partial charge >= 0.3 is 0 Å². The average Bonchev–Trinajstić information content (AvgIpc) is 2.29. The Hall–Kier alpha value is -0.480. The third-order valence-corrected chi connectivity index (χ3v) is 4.04. The molecule has 2 rings (SSSR count). The fourth-order valence-electron chi connectivity index (χ4n) is 1.38. The van der Waals surface area contributed by atoms with E-state index in [9.17, 15) is 0 Å². The van der Waals surface area contributed by atoms with E-state index >= 15 is 0 Å². The molecule has 0 atom stereocenters. The lowest BCUT2D eigenvalue weighted by Gasteiger charge is -2.05. The van der Waals surface area contributed by atoms with Crippen LogP contribution in [0.2, 0.25) is 15.2 Å². The highest BCUT2D eigenvalue weighted by molar-refractivity contribution is 7.98. The van der Waals surface area contributed by atoms with Crippen molar-refractivity contribution in [3.63, 3.8) is 0 Å². The first-order valence-electron chi connectivity index (χ1n) is 5.12. The van der Waals surface area contributed by atoms with E-state index in [1.807, 2.05) is 13.0 Å². The van der Waals surface area contributed by atoms with Gasteiger partial charge in [0.15, 0.2) is 0 Å². The van der Waals surface area contributed by atoms with Crippen LogP contribution in [-0.2, 0) is 5.75 Å². The third kappa shape index (κ3) is 3.75. The van der Waals surface area contributed by atoms with Gasteiger partial charge in [-0.1, -0.05) is 34.8 Å². The topological polar surface area (TPSA) is 25.8 Å². The van der Waals surface area contributed by atoms with E-state index in [0.717, 1.165) is 10.6 Å². The molecular weight excluding hydrogens is 311 g/mol. The molecule has 18 heavy (non-hydrogen) atoms. The van der Waals surface area contributed by atoms with E-state index in [0.29, 0.717) is 26.8 Å². The fourth-order valence-corrected chi connectivity index (χ4v) is 2.99. The van der Waals surface area contributed by atoms with Crippen molar-refractivity contribution in [2.45, 2.75) is 17.6 Å². The maximum absolute atomic E-state index is 6.08. The zero-order valence-corrected chi connectivity index (χ0v) is 12.5. The minimum Gasteiger partial charge on any atom is -0.237 e. The molecule has 0 saturated carbocycles. The summed E-state index contributed by atoms with van der Waals surface area (Å²) in [7, 11) is 0. The number of aromatic nitrogens is 2. The van der Waals surface area contributed by atoms with Crippen molar-refractivity contribution in [1.29, 1.82) is 0 Å². The minimum atomic E-state index is 0.454. The number of halogens is 3. The number of hydrogen-bond donors (Lipinski definition) is 0. The molecular formula is C12H9Cl3N2S. The van der Waals surface area contributed by atoms with Crippen molar-refractivity contribution >= 4 is 46.6 Å². The lowest BCUT2D eigenvalue weighted by Crippen LogP contribution is -1.95. The second-order valence-corrected chi connectivity index (χ2v) is 5.86. The molecule has 94 valence electrons. The van der Waals surface area contributed by atoms with Crippen molar-refractivity contribution in [3.05, 3.63) is 51.0 Å². The van der Waals surface area contributed by atoms with Gasteiger partial charge in [0.05, 0.1) is 10.8 Å². The van der Waals surface area contributed by atoms with Crippen molar-refractivity contribution in [2.24, 2.45) is 0 Å². The molecule has 6 heteroatoms. The van der Waals surface area contributed by atoms with Crippen LogP contribution in [-0.4, -0.2) is 9.97 Å². The third-order valence-electron chi connectivity index (χ3n) is 2.12. The van der Waals surface area contributed by atoms with Crippen molar-refractivity contribution in [2.75, 3.05) is 0 Å². The molecule has 0 bridgehead atoms. The molecule has 0 radical (unpaired) electrons. The van der Waals surface area contributed by atoms with Crippen LogP contribution in [0.3, 0.4) is 0 Å². The Labute approximate surface area is 125 Å². The smallest absolute Gasteiger partial charge is 0.140 e. The molecule has 1 heterocycles. The number of nitrogens with zero attached hydrogens (tertiary/aromatic N) is 2. The standard InChI is InChI=1S/C12H9Cl3N2S/c1-7-4-11(15)17-12(16-7)6-18-10-5-8(13)2-3-9(10)14/h2-5H,6H2,1H3. The molecule has 0 saturated heterocycles. The first-order valence-corrected chi connectivity index (χ1v) is 7.24. The van der Waals surface area contributed by atoms with Gasteiger partial charge in [-0.05, 0) is 31.2 Å². The molecule has 0 fully saturated rings. The summed E-state index contributed by atoms with van der Waals surface area (Å²) in [5.74, 6) is 1.28. The minimum absolute atomic E-state index is 0.454. The first-order chi connectivity index (χ1) is 8.54. The second kappa shape index (κ2) is 6.11. The maximum Gasteiger partial charge on any atom is 0.140 e. The zero-order valence-electron chi connectivity index (χ0n) is 9.45. The summed E-state index contributed by atoms with van der Waals surface area (Å²) in [6.07, 6.45) is 0. The fraction of sp³-hybridized carbons (Fsp3) is 0.167. The number of hydrogen-bond acceptors (Lipinski definition) is 3. The van der Waals surface area contributed by atoms with Gasteiger partial charge in [0.1, 0.15) is 11.0 Å². The summed E-state index contributed by atoms with van der Waals surface area (Å²) in [6, 6.07) is 7.08. The van der Waals surface area contributed by atoms with Gasteiger partial charge in [-0.25, -0.2) is 9.97 Å². The highest BCUT2D eigenvalue weighted by Gasteiger charge is 2.05. The van der Waals surface area contributed by atoms with Gasteiger partial charge in [-0.3, -0.25) is 0 Å². The summed E-state index contributed by atoms with van der Waals surface area (Å²) < 4.78 is 0. The van der Waals surface area contributed by atoms with E-state index in [1.54, 1.807) is 18.2 Å². The van der Waals surface area contributed by atoms with E-state index in [1.165, 1.54) is 11.8 Å². The van der Waals surface area contributed by atoms with Gasteiger partial charge in [0.25, 0.3) is 0 Å². The molecule has 0 N–H and O–H groups in total. The SMILES string of the molecule is Cc1cc(Cl)nc(CSc2cc(Cl)ccc2Cl)n1. The highest BCUT2D eigenvalue weighted by atomic mass is 35.5. The van der Waals surface area contributed by atoms with Crippen LogP contribution < -0.4 is 0 Å². The molecule has 0 spiro atoms.